The Bertz CT molecular complexity index is 1020. The number of aromatic amines is 1. The number of H-pyrrole nitrogens is 1. The molecule has 118 valence electrons. The van der Waals surface area contributed by atoms with E-state index in [2.05, 4.69) is 20.8 Å². The number of benzene rings is 2. The van der Waals surface area contributed by atoms with Crippen LogP contribution in [-0.2, 0) is 9.59 Å². The van der Waals surface area contributed by atoms with E-state index < -0.39 is 0 Å². The SMILES string of the molecule is CC(=O)Nc1ccc2c(c1)NC(=O)C2=Cc1ccc2[nH]ncc2c1. The van der Waals surface area contributed by atoms with Gasteiger partial charge in [-0.25, -0.2) is 0 Å². The molecule has 2 heterocycles. The molecular weight excluding hydrogens is 304 g/mol. The molecule has 1 aromatic heterocycles. The van der Waals surface area contributed by atoms with Gasteiger partial charge in [0.2, 0.25) is 5.91 Å². The van der Waals surface area contributed by atoms with Gasteiger partial charge in [0.15, 0.2) is 0 Å². The molecule has 6 nitrogen and oxygen atoms in total. The quantitative estimate of drug-likeness (QED) is 0.635. The number of rotatable bonds is 2. The molecule has 0 saturated heterocycles. The van der Waals surface area contributed by atoms with Crippen molar-refractivity contribution in [2.24, 2.45) is 0 Å². The molecule has 2 amide bonds. The normalized spacial score (nSPS) is 14.7. The summed E-state index contributed by atoms with van der Waals surface area (Å²) in [7, 11) is 0. The molecule has 3 N–H and O–H groups in total. The average molecular weight is 318 g/mol. The van der Waals surface area contributed by atoms with Gasteiger partial charge in [0, 0.05) is 29.1 Å². The predicted molar refractivity (Wildman–Crippen MR) is 93.3 cm³/mol. The number of carbonyl (C=O) groups is 2. The summed E-state index contributed by atoms with van der Waals surface area (Å²) in [6, 6.07) is 11.2. The molecule has 0 atom stereocenters. The second-order valence-corrected chi connectivity index (χ2v) is 5.67. The Labute approximate surface area is 137 Å². The Morgan fingerprint density at radius 3 is 2.92 bits per heavy atom. The van der Waals surface area contributed by atoms with Crippen molar-refractivity contribution in [2.45, 2.75) is 6.92 Å². The summed E-state index contributed by atoms with van der Waals surface area (Å²) in [5.74, 6) is -0.305. The summed E-state index contributed by atoms with van der Waals surface area (Å²) in [4.78, 5) is 23.4. The molecule has 0 fully saturated rings. The smallest absolute Gasteiger partial charge is 0.256 e. The van der Waals surface area contributed by atoms with Crippen LogP contribution in [0, 0.1) is 0 Å². The minimum absolute atomic E-state index is 0.150. The Morgan fingerprint density at radius 2 is 2.08 bits per heavy atom. The molecule has 0 bridgehead atoms. The van der Waals surface area contributed by atoms with Crippen molar-refractivity contribution in [1.29, 1.82) is 0 Å². The number of nitrogens with one attached hydrogen (secondary N) is 3. The van der Waals surface area contributed by atoms with Gasteiger partial charge in [-0.05, 0) is 35.9 Å². The maximum Gasteiger partial charge on any atom is 0.256 e. The minimum atomic E-state index is -0.155. The topological polar surface area (TPSA) is 86.9 Å². The van der Waals surface area contributed by atoms with Crippen molar-refractivity contribution in [3.8, 4) is 0 Å². The first-order chi connectivity index (χ1) is 11.6. The third-order valence-electron chi connectivity index (χ3n) is 3.90. The van der Waals surface area contributed by atoms with E-state index in [1.54, 1.807) is 18.3 Å². The first-order valence-corrected chi connectivity index (χ1v) is 7.48. The van der Waals surface area contributed by atoms with Crippen molar-refractivity contribution in [3.05, 3.63) is 53.7 Å². The first-order valence-electron chi connectivity index (χ1n) is 7.48. The molecule has 0 aliphatic carbocycles. The Balaban J connectivity index is 1.74. The fraction of sp³-hybridized carbons (Fsp3) is 0.0556. The molecule has 2 aromatic carbocycles. The maximum absolute atomic E-state index is 12.3. The van der Waals surface area contributed by atoms with E-state index in [0.717, 1.165) is 22.0 Å². The Hall–Kier alpha value is -3.41. The second-order valence-electron chi connectivity index (χ2n) is 5.67. The number of aromatic nitrogens is 2. The first kappa shape index (κ1) is 14.2. The number of fused-ring (bicyclic) bond motifs is 2. The molecule has 6 heteroatoms. The highest BCUT2D eigenvalue weighted by atomic mass is 16.2. The summed E-state index contributed by atoms with van der Waals surface area (Å²) < 4.78 is 0. The average Bonchev–Trinajstić information content (AvgIpc) is 3.11. The van der Waals surface area contributed by atoms with Gasteiger partial charge in [-0.2, -0.15) is 5.10 Å². The number of carbonyl (C=O) groups excluding carboxylic acids is 2. The summed E-state index contributed by atoms with van der Waals surface area (Å²) in [6.07, 6.45) is 3.60. The van der Waals surface area contributed by atoms with Gasteiger partial charge >= 0.3 is 0 Å². The minimum Gasteiger partial charge on any atom is -0.326 e. The summed E-state index contributed by atoms with van der Waals surface area (Å²) in [5.41, 5.74) is 4.65. The molecule has 3 aromatic rings. The number of amides is 2. The van der Waals surface area contributed by atoms with Gasteiger partial charge < -0.3 is 10.6 Å². The van der Waals surface area contributed by atoms with Crippen LogP contribution < -0.4 is 10.6 Å². The molecule has 0 radical (unpaired) electrons. The molecule has 1 aliphatic rings. The third kappa shape index (κ3) is 2.44. The van der Waals surface area contributed by atoms with Crippen LogP contribution in [0.15, 0.2) is 42.6 Å². The monoisotopic (exact) mass is 318 g/mol. The van der Waals surface area contributed by atoms with Gasteiger partial charge in [-0.3, -0.25) is 14.7 Å². The van der Waals surface area contributed by atoms with E-state index in [4.69, 9.17) is 0 Å². The van der Waals surface area contributed by atoms with E-state index in [1.807, 2.05) is 30.3 Å². The fourth-order valence-electron chi connectivity index (χ4n) is 2.84. The summed E-state index contributed by atoms with van der Waals surface area (Å²) >= 11 is 0. The lowest BCUT2D eigenvalue weighted by atomic mass is 10.0. The molecular formula is C18H14N4O2. The highest BCUT2D eigenvalue weighted by Gasteiger charge is 2.24. The van der Waals surface area contributed by atoms with Crippen LogP contribution in [0.1, 0.15) is 18.1 Å². The van der Waals surface area contributed by atoms with Crippen LogP contribution in [0.3, 0.4) is 0 Å². The number of hydrogen-bond acceptors (Lipinski definition) is 3. The van der Waals surface area contributed by atoms with Crippen molar-refractivity contribution in [2.75, 3.05) is 10.6 Å². The zero-order valence-electron chi connectivity index (χ0n) is 12.9. The van der Waals surface area contributed by atoms with E-state index >= 15 is 0 Å². The zero-order valence-corrected chi connectivity index (χ0v) is 12.9. The Kier molecular flexibility index (Phi) is 3.16. The molecule has 24 heavy (non-hydrogen) atoms. The lowest BCUT2D eigenvalue weighted by molar-refractivity contribution is -0.114. The predicted octanol–water partition coefficient (Wildman–Crippen LogP) is 3.01. The lowest BCUT2D eigenvalue weighted by Crippen LogP contribution is -2.06. The second kappa shape index (κ2) is 5.34. The highest BCUT2D eigenvalue weighted by molar-refractivity contribution is 6.35. The largest absolute Gasteiger partial charge is 0.326 e. The highest BCUT2D eigenvalue weighted by Crippen LogP contribution is 2.35. The Morgan fingerprint density at radius 1 is 1.21 bits per heavy atom. The zero-order chi connectivity index (χ0) is 16.7. The lowest BCUT2D eigenvalue weighted by Gasteiger charge is -2.04. The third-order valence-corrected chi connectivity index (χ3v) is 3.90. The fourth-order valence-corrected chi connectivity index (χ4v) is 2.84. The summed E-state index contributed by atoms with van der Waals surface area (Å²) in [5, 5.41) is 13.4. The van der Waals surface area contributed by atoms with Crippen LogP contribution in [0.5, 0.6) is 0 Å². The van der Waals surface area contributed by atoms with Crippen molar-refractivity contribution < 1.29 is 9.59 Å². The maximum atomic E-state index is 12.3. The van der Waals surface area contributed by atoms with Crippen molar-refractivity contribution >= 4 is 45.7 Å². The molecule has 4 rings (SSSR count). The van der Waals surface area contributed by atoms with Crippen LogP contribution in [0.2, 0.25) is 0 Å². The summed E-state index contributed by atoms with van der Waals surface area (Å²) in [6.45, 7) is 1.45. The molecule has 1 aliphatic heterocycles. The van der Waals surface area contributed by atoms with E-state index in [-0.39, 0.29) is 11.8 Å². The van der Waals surface area contributed by atoms with Crippen molar-refractivity contribution in [3.63, 3.8) is 0 Å². The van der Waals surface area contributed by atoms with Crippen LogP contribution >= 0.6 is 0 Å². The number of nitrogens with zero attached hydrogens (tertiary/aromatic N) is 1. The van der Waals surface area contributed by atoms with Gasteiger partial charge in [-0.15, -0.1) is 0 Å². The van der Waals surface area contributed by atoms with E-state index in [1.165, 1.54) is 6.92 Å². The van der Waals surface area contributed by atoms with Gasteiger partial charge in [-0.1, -0.05) is 12.1 Å². The standard InChI is InChI=1S/C18H14N4O2/c1-10(23)20-13-3-4-14-15(18(24)21-17(14)8-13)7-11-2-5-16-12(6-11)9-19-22-16/h2-9H,1H3,(H,19,22)(H,20,23)(H,21,24). The number of hydrogen-bond donors (Lipinski definition) is 3. The van der Waals surface area contributed by atoms with Gasteiger partial charge in [0.25, 0.3) is 5.91 Å². The van der Waals surface area contributed by atoms with E-state index in [9.17, 15) is 9.59 Å². The molecule has 0 saturated carbocycles. The molecule has 0 unspecified atom stereocenters. The van der Waals surface area contributed by atoms with Crippen molar-refractivity contribution in [1.82, 2.24) is 10.2 Å². The van der Waals surface area contributed by atoms with Crippen LogP contribution in [0.4, 0.5) is 11.4 Å². The van der Waals surface area contributed by atoms with Gasteiger partial charge in [0.1, 0.15) is 0 Å². The molecule has 0 spiro atoms. The van der Waals surface area contributed by atoms with E-state index in [0.29, 0.717) is 16.9 Å². The number of anilines is 2. The van der Waals surface area contributed by atoms with Crippen LogP contribution in [0.25, 0.3) is 22.6 Å². The van der Waals surface area contributed by atoms with Crippen LogP contribution in [-0.4, -0.2) is 22.0 Å². The van der Waals surface area contributed by atoms with Gasteiger partial charge in [0.05, 0.1) is 17.4 Å².